The highest BCUT2D eigenvalue weighted by Gasteiger charge is 2.36. The number of ether oxygens (including phenoxy) is 1. The van der Waals surface area contributed by atoms with E-state index in [0.29, 0.717) is 23.0 Å². The highest BCUT2D eigenvalue weighted by molar-refractivity contribution is 7.10. The molecule has 0 N–H and O–H groups in total. The number of amides is 1. The number of furan rings is 1. The van der Waals surface area contributed by atoms with E-state index in [0.717, 1.165) is 18.0 Å². The molecule has 0 aliphatic carbocycles. The SMILES string of the molecule is O=C(OCc1nnsc1Cl)[C@@H]1CCCN1C(=O)c1ccco1. The summed E-state index contributed by atoms with van der Waals surface area (Å²) < 4.78 is 14.4. The Bertz CT molecular complexity index is 673. The molecular formula is C13H12ClN3O4S. The molecule has 116 valence electrons. The molecule has 1 amide bonds. The molecule has 1 aliphatic rings. The molecule has 1 aliphatic heterocycles. The molecule has 0 aromatic carbocycles. The fraction of sp³-hybridized carbons (Fsp3) is 0.385. The minimum Gasteiger partial charge on any atom is -0.459 e. The molecule has 2 aromatic heterocycles. The molecule has 3 rings (SSSR count). The Hall–Kier alpha value is -1.93. The summed E-state index contributed by atoms with van der Waals surface area (Å²) in [6.07, 6.45) is 2.73. The summed E-state index contributed by atoms with van der Waals surface area (Å²) in [7, 11) is 0. The van der Waals surface area contributed by atoms with Crippen molar-refractivity contribution in [3.63, 3.8) is 0 Å². The summed E-state index contributed by atoms with van der Waals surface area (Å²) in [6.45, 7) is 0.450. The lowest BCUT2D eigenvalue weighted by molar-refractivity contribution is -0.149. The van der Waals surface area contributed by atoms with Gasteiger partial charge in [0.25, 0.3) is 5.91 Å². The quantitative estimate of drug-likeness (QED) is 0.792. The van der Waals surface area contributed by atoms with Crippen LogP contribution < -0.4 is 0 Å². The molecule has 0 radical (unpaired) electrons. The predicted octanol–water partition coefficient (Wildman–Crippen LogP) is 2.13. The first-order valence-corrected chi connectivity index (χ1v) is 7.80. The van der Waals surface area contributed by atoms with Gasteiger partial charge in [0, 0.05) is 18.1 Å². The molecule has 1 fully saturated rings. The van der Waals surface area contributed by atoms with E-state index in [1.807, 2.05) is 0 Å². The maximum absolute atomic E-state index is 12.3. The number of likely N-dealkylation sites (tertiary alicyclic amines) is 1. The van der Waals surface area contributed by atoms with Gasteiger partial charge in [0.1, 0.15) is 22.7 Å². The summed E-state index contributed by atoms with van der Waals surface area (Å²) in [5.74, 6) is -0.564. The molecule has 1 atom stereocenters. The van der Waals surface area contributed by atoms with Crippen molar-refractivity contribution in [1.82, 2.24) is 14.5 Å². The molecule has 7 nitrogen and oxygen atoms in total. The van der Waals surface area contributed by atoms with Gasteiger partial charge in [-0.2, -0.15) is 0 Å². The van der Waals surface area contributed by atoms with Crippen LogP contribution in [-0.2, 0) is 16.1 Å². The standard InChI is InChI=1S/C13H12ClN3O4S/c14-11-8(15-16-22-11)7-21-13(19)9-3-1-5-17(9)12(18)10-4-2-6-20-10/h2,4,6,9H,1,3,5,7H2/t9-/m0/s1. The fourth-order valence-corrected chi connectivity index (χ4v) is 2.92. The van der Waals surface area contributed by atoms with E-state index in [9.17, 15) is 9.59 Å². The van der Waals surface area contributed by atoms with Crippen LogP contribution in [0.5, 0.6) is 0 Å². The van der Waals surface area contributed by atoms with Crippen molar-refractivity contribution in [1.29, 1.82) is 0 Å². The lowest BCUT2D eigenvalue weighted by Gasteiger charge is -2.22. The van der Waals surface area contributed by atoms with E-state index in [4.69, 9.17) is 20.8 Å². The van der Waals surface area contributed by atoms with Crippen molar-refractivity contribution in [3.8, 4) is 0 Å². The van der Waals surface area contributed by atoms with Crippen molar-refractivity contribution in [2.24, 2.45) is 0 Å². The molecule has 0 saturated carbocycles. The largest absolute Gasteiger partial charge is 0.459 e. The smallest absolute Gasteiger partial charge is 0.329 e. The van der Waals surface area contributed by atoms with Gasteiger partial charge in [-0.15, -0.1) is 5.10 Å². The second-order valence-corrected chi connectivity index (χ2v) is 6.09. The first-order valence-electron chi connectivity index (χ1n) is 6.64. The third-order valence-electron chi connectivity index (χ3n) is 3.38. The number of hydrogen-bond acceptors (Lipinski definition) is 7. The maximum atomic E-state index is 12.3. The number of rotatable bonds is 4. The van der Waals surface area contributed by atoms with Gasteiger partial charge >= 0.3 is 5.97 Å². The predicted molar refractivity (Wildman–Crippen MR) is 77.5 cm³/mol. The summed E-state index contributed by atoms with van der Waals surface area (Å²) >= 11 is 6.88. The minimum atomic E-state index is -0.608. The van der Waals surface area contributed by atoms with Crippen LogP contribution in [0.2, 0.25) is 4.34 Å². The number of halogens is 1. The van der Waals surface area contributed by atoms with Gasteiger partial charge in [0.2, 0.25) is 0 Å². The lowest BCUT2D eigenvalue weighted by Crippen LogP contribution is -2.41. The van der Waals surface area contributed by atoms with E-state index >= 15 is 0 Å². The first-order chi connectivity index (χ1) is 10.7. The van der Waals surface area contributed by atoms with Crippen LogP contribution in [0.1, 0.15) is 29.1 Å². The van der Waals surface area contributed by atoms with E-state index in [1.54, 1.807) is 12.1 Å². The molecular weight excluding hydrogens is 330 g/mol. The van der Waals surface area contributed by atoms with Crippen LogP contribution in [0, 0.1) is 0 Å². The first kappa shape index (κ1) is 15.0. The monoisotopic (exact) mass is 341 g/mol. The Kier molecular flexibility index (Phi) is 4.39. The average Bonchev–Trinajstić information content (AvgIpc) is 3.25. The highest BCUT2D eigenvalue weighted by atomic mass is 35.5. The average molecular weight is 342 g/mol. The molecule has 1 saturated heterocycles. The number of nitrogens with zero attached hydrogens (tertiary/aromatic N) is 3. The summed E-state index contributed by atoms with van der Waals surface area (Å²) in [5.41, 5.74) is 0.418. The van der Waals surface area contributed by atoms with E-state index in [2.05, 4.69) is 9.59 Å². The maximum Gasteiger partial charge on any atom is 0.329 e. The minimum absolute atomic E-state index is 0.0482. The van der Waals surface area contributed by atoms with Gasteiger partial charge in [-0.1, -0.05) is 16.1 Å². The zero-order chi connectivity index (χ0) is 15.5. The Labute approximate surface area is 135 Å². The summed E-state index contributed by atoms with van der Waals surface area (Å²) in [4.78, 5) is 26.0. The van der Waals surface area contributed by atoms with E-state index < -0.39 is 12.0 Å². The van der Waals surface area contributed by atoms with Crippen LogP contribution in [-0.4, -0.2) is 38.9 Å². The number of carbonyl (C=O) groups is 2. The molecule has 2 aromatic rings. The second-order valence-electron chi connectivity index (χ2n) is 4.73. The van der Waals surface area contributed by atoms with Gasteiger partial charge in [-0.25, -0.2) is 4.79 Å². The van der Waals surface area contributed by atoms with Gasteiger partial charge in [-0.3, -0.25) is 4.79 Å². The van der Waals surface area contributed by atoms with Crippen LogP contribution in [0.3, 0.4) is 0 Å². The van der Waals surface area contributed by atoms with Gasteiger partial charge in [0.15, 0.2) is 5.76 Å². The zero-order valence-corrected chi connectivity index (χ0v) is 13.0. The lowest BCUT2D eigenvalue weighted by atomic mass is 10.2. The second kappa shape index (κ2) is 6.45. The normalized spacial score (nSPS) is 17.7. The van der Waals surface area contributed by atoms with Gasteiger partial charge in [0.05, 0.1) is 6.26 Å². The Morgan fingerprint density at radius 2 is 2.41 bits per heavy atom. The van der Waals surface area contributed by atoms with Gasteiger partial charge in [-0.05, 0) is 25.0 Å². The number of esters is 1. The number of aromatic nitrogens is 2. The van der Waals surface area contributed by atoms with Crippen LogP contribution >= 0.6 is 23.1 Å². The molecule has 22 heavy (non-hydrogen) atoms. The molecule has 0 unspecified atom stereocenters. The molecule has 3 heterocycles. The highest BCUT2D eigenvalue weighted by Crippen LogP contribution is 2.23. The van der Waals surface area contributed by atoms with Crippen LogP contribution in [0.4, 0.5) is 0 Å². The topological polar surface area (TPSA) is 85.5 Å². The van der Waals surface area contributed by atoms with Crippen molar-refractivity contribution in [2.45, 2.75) is 25.5 Å². The molecule has 0 spiro atoms. The van der Waals surface area contributed by atoms with Crippen molar-refractivity contribution >= 4 is 35.0 Å². The van der Waals surface area contributed by atoms with Crippen molar-refractivity contribution < 1.29 is 18.7 Å². The third kappa shape index (κ3) is 2.97. The van der Waals surface area contributed by atoms with Crippen LogP contribution in [0.25, 0.3) is 0 Å². The molecule has 9 heteroatoms. The third-order valence-corrected chi connectivity index (χ3v) is 4.36. The van der Waals surface area contributed by atoms with E-state index in [-0.39, 0.29) is 18.3 Å². The number of carbonyl (C=O) groups excluding carboxylic acids is 2. The summed E-state index contributed by atoms with van der Waals surface area (Å²) in [6, 6.07) is 2.60. The Balaban J connectivity index is 1.64. The Morgan fingerprint density at radius 1 is 1.55 bits per heavy atom. The number of hydrogen-bond donors (Lipinski definition) is 0. The summed E-state index contributed by atoms with van der Waals surface area (Å²) in [5, 5.41) is 3.77. The van der Waals surface area contributed by atoms with E-state index in [1.165, 1.54) is 11.2 Å². The van der Waals surface area contributed by atoms with Crippen molar-refractivity contribution in [2.75, 3.05) is 6.54 Å². The van der Waals surface area contributed by atoms with Crippen LogP contribution in [0.15, 0.2) is 22.8 Å². The Morgan fingerprint density at radius 3 is 3.09 bits per heavy atom. The zero-order valence-electron chi connectivity index (χ0n) is 11.4. The fourth-order valence-electron chi connectivity index (χ4n) is 2.32. The molecule has 0 bridgehead atoms. The van der Waals surface area contributed by atoms with Gasteiger partial charge < -0.3 is 14.1 Å². The van der Waals surface area contributed by atoms with Crippen molar-refractivity contribution in [3.05, 3.63) is 34.2 Å².